The van der Waals surface area contributed by atoms with Gasteiger partial charge in [-0.25, -0.2) is 0 Å². The fourth-order valence-corrected chi connectivity index (χ4v) is 8.24. The first-order valence-corrected chi connectivity index (χ1v) is 11.1. The number of carbonyl (C=O) groups is 2. The molecule has 4 unspecified atom stereocenters. The second-order valence-electron chi connectivity index (χ2n) is 10.9. The van der Waals surface area contributed by atoms with Gasteiger partial charge in [0.25, 0.3) is 0 Å². The summed E-state index contributed by atoms with van der Waals surface area (Å²) in [6.07, 6.45) is 6.32. The summed E-state index contributed by atoms with van der Waals surface area (Å²) in [6, 6.07) is 0. The number of nitrogens with two attached hydrogens (primary N) is 1. The van der Waals surface area contributed by atoms with Crippen LogP contribution >= 0.6 is 0 Å². The Morgan fingerprint density at radius 3 is 2.57 bits per heavy atom. The van der Waals surface area contributed by atoms with Crippen LogP contribution in [0, 0.1) is 40.4 Å². The van der Waals surface area contributed by atoms with E-state index in [1.54, 1.807) is 0 Å². The largest absolute Gasteiger partial charge is 0.469 e. The lowest BCUT2D eigenvalue weighted by atomic mass is 9.42. The standard InChI is InChI=1S/C23H37NO4/c1-13(20(27)28-4)15-5-6-16-19-17(8-9-21(15,16)2)22(3)10-7-14(25)11-23(22,24)12-18(19)26/h13-17,19,25H,5-12,24H2,1-4H3/t13-,14+,15?,16-,17-,19-,21?,22?,23?/m0/s1. The number of fused-ring (bicyclic) bond motifs is 5. The van der Waals surface area contributed by atoms with E-state index in [0.717, 1.165) is 38.5 Å². The topological polar surface area (TPSA) is 89.6 Å². The SMILES string of the molecule is COC(=O)[C@@H](C)C1CC[C@H]2[C@@H]3C(=O)CC4(N)C[C@H](O)CCC4(C)[C@H]3CCC12C. The molecular formula is C23H37NO4. The number of hydrogen-bond acceptors (Lipinski definition) is 5. The van der Waals surface area contributed by atoms with Crippen molar-refractivity contribution < 1.29 is 19.4 Å². The maximum atomic E-state index is 13.4. The number of Topliss-reactive ketones (excluding diaryl/α,β-unsaturated/α-hetero) is 1. The van der Waals surface area contributed by atoms with E-state index < -0.39 is 5.54 Å². The normalized spacial score (nSPS) is 51.6. The quantitative estimate of drug-likeness (QED) is 0.706. The molecule has 4 fully saturated rings. The van der Waals surface area contributed by atoms with Crippen molar-refractivity contribution in [1.82, 2.24) is 0 Å². The van der Waals surface area contributed by atoms with Crippen LogP contribution in [0.3, 0.4) is 0 Å². The van der Waals surface area contributed by atoms with Crippen LogP contribution < -0.4 is 5.73 Å². The van der Waals surface area contributed by atoms with Gasteiger partial charge < -0.3 is 15.6 Å². The molecule has 9 atom stereocenters. The maximum Gasteiger partial charge on any atom is 0.308 e. The Labute approximate surface area is 168 Å². The second-order valence-corrected chi connectivity index (χ2v) is 10.9. The Kier molecular flexibility index (Phi) is 4.74. The Balaban J connectivity index is 1.66. The lowest BCUT2D eigenvalue weighted by molar-refractivity contribution is -0.166. The first-order valence-electron chi connectivity index (χ1n) is 11.1. The van der Waals surface area contributed by atoms with Crippen LogP contribution in [-0.2, 0) is 14.3 Å². The highest BCUT2D eigenvalue weighted by Gasteiger charge is 2.66. The first-order chi connectivity index (χ1) is 13.1. The molecule has 158 valence electrons. The molecule has 5 heteroatoms. The summed E-state index contributed by atoms with van der Waals surface area (Å²) in [7, 11) is 1.47. The van der Waals surface area contributed by atoms with Gasteiger partial charge in [0.1, 0.15) is 5.78 Å². The summed E-state index contributed by atoms with van der Waals surface area (Å²) in [6.45, 7) is 6.60. The van der Waals surface area contributed by atoms with E-state index >= 15 is 0 Å². The second kappa shape index (κ2) is 6.53. The highest BCUT2D eigenvalue weighted by atomic mass is 16.5. The number of ketones is 1. The van der Waals surface area contributed by atoms with Crippen LogP contribution in [0.4, 0.5) is 0 Å². The third-order valence-corrected chi connectivity index (χ3v) is 9.93. The van der Waals surface area contributed by atoms with E-state index in [0.29, 0.717) is 30.5 Å². The highest BCUT2D eigenvalue weighted by molar-refractivity contribution is 5.85. The molecule has 4 aliphatic rings. The zero-order chi connectivity index (χ0) is 20.5. The molecule has 0 radical (unpaired) electrons. The van der Waals surface area contributed by atoms with Crippen LogP contribution in [0.5, 0.6) is 0 Å². The molecule has 0 aromatic carbocycles. The molecule has 4 saturated carbocycles. The van der Waals surface area contributed by atoms with Crippen molar-refractivity contribution in [3.63, 3.8) is 0 Å². The van der Waals surface area contributed by atoms with Crippen molar-refractivity contribution >= 4 is 11.8 Å². The average molecular weight is 392 g/mol. The van der Waals surface area contributed by atoms with E-state index in [2.05, 4.69) is 13.8 Å². The van der Waals surface area contributed by atoms with Crippen molar-refractivity contribution in [3.05, 3.63) is 0 Å². The molecule has 0 saturated heterocycles. The summed E-state index contributed by atoms with van der Waals surface area (Å²) in [5.41, 5.74) is 6.20. The average Bonchev–Trinajstić information content (AvgIpc) is 2.99. The van der Waals surface area contributed by atoms with Gasteiger partial charge in [-0.15, -0.1) is 0 Å². The molecule has 0 heterocycles. The molecule has 5 nitrogen and oxygen atoms in total. The van der Waals surface area contributed by atoms with Gasteiger partial charge in [-0.1, -0.05) is 20.8 Å². The number of aliphatic hydroxyl groups excluding tert-OH is 1. The zero-order valence-corrected chi connectivity index (χ0v) is 17.9. The van der Waals surface area contributed by atoms with Gasteiger partial charge in [-0.05, 0) is 73.5 Å². The number of rotatable bonds is 2. The minimum Gasteiger partial charge on any atom is -0.469 e. The predicted octanol–water partition coefficient (Wildman–Crippen LogP) is 3.08. The van der Waals surface area contributed by atoms with Crippen molar-refractivity contribution in [2.45, 2.75) is 83.8 Å². The predicted molar refractivity (Wildman–Crippen MR) is 106 cm³/mol. The minimum absolute atomic E-state index is 0.0174. The summed E-state index contributed by atoms with van der Waals surface area (Å²) >= 11 is 0. The fraction of sp³-hybridized carbons (Fsp3) is 0.913. The van der Waals surface area contributed by atoms with Crippen LogP contribution in [-0.4, -0.2) is 35.6 Å². The molecule has 3 N–H and O–H groups in total. The summed E-state index contributed by atoms with van der Waals surface area (Å²) in [5, 5.41) is 10.2. The molecule has 0 aromatic heterocycles. The van der Waals surface area contributed by atoms with Crippen molar-refractivity contribution in [1.29, 1.82) is 0 Å². The number of aliphatic hydroxyl groups is 1. The molecule has 0 spiro atoms. The van der Waals surface area contributed by atoms with E-state index in [-0.39, 0.29) is 40.7 Å². The van der Waals surface area contributed by atoms with E-state index in [1.165, 1.54) is 7.11 Å². The summed E-state index contributed by atoms with van der Waals surface area (Å²) < 4.78 is 5.04. The lowest BCUT2D eigenvalue weighted by Gasteiger charge is -2.64. The first kappa shape index (κ1) is 20.3. The minimum atomic E-state index is -0.575. The van der Waals surface area contributed by atoms with E-state index in [4.69, 9.17) is 10.5 Å². The van der Waals surface area contributed by atoms with Gasteiger partial charge >= 0.3 is 5.97 Å². The Bertz CT molecular complexity index is 680. The van der Waals surface area contributed by atoms with Crippen molar-refractivity contribution in [2.24, 2.45) is 46.2 Å². The maximum absolute atomic E-state index is 13.4. The molecule has 0 bridgehead atoms. The molecule has 0 aromatic rings. The Morgan fingerprint density at radius 1 is 1.18 bits per heavy atom. The lowest BCUT2D eigenvalue weighted by Crippen LogP contribution is -2.69. The number of carbonyl (C=O) groups excluding carboxylic acids is 2. The van der Waals surface area contributed by atoms with E-state index in [9.17, 15) is 14.7 Å². The third-order valence-electron chi connectivity index (χ3n) is 9.93. The van der Waals surface area contributed by atoms with E-state index in [1.807, 2.05) is 6.92 Å². The van der Waals surface area contributed by atoms with Gasteiger partial charge in [-0.2, -0.15) is 0 Å². The molecule has 0 amide bonds. The monoisotopic (exact) mass is 391 g/mol. The van der Waals surface area contributed by atoms with Crippen molar-refractivity contribution in [3.8, 4) is 0 Å². The van der Waals surface area contributed by atoms with Gasteiger partial charge in [-0.3, -0.25) is 9.59 Å². The summed E-state index contributed by atoms with van der Waals surface area (Å²) in [5.74, 6) is 1.04. The Morgan fingerprint density at radius 2 is 1.89 bits per heavy atom. The van der Waals surface area contributed by atoms with Gasteiger partial charge in [0, 0.05) is 17.9 Å². The molecular weight excluding hydrogens is 354 g/mol. The van der Waals surface area contributed by atoms with Crippen LogP contribution in [0.25, 0.3) is 0 Å². The zero-order valence-electron chi connectivity index (χ0n) is 17.9. The smallest absolute Gasteiger partial charge is 0.308 e. The third kappa shape index (κ3) is 2.57. The summed E-state index contributed by atoms with van der Waals surface area (Å²) in [4.78, 5) is 25.7. The fourth-order valence-electron chi connectivity index (χ4n) is 8.24. The van der Waals surface area contributed by atoms with Gasteiger partial charge in [0.15, 0.2) is 0 Å². The van der Waals surface area contributed by atoms with Gasteiger partial charge in [0.2, 0.25) is 0 Å². The molecule has 4 aliphatic carbocycles. The molecule has 4 rings (SSSR count). The number of methoxy groups -OCH3 is 1. The van der Waals surface area contributed by atoms with Crippen LogP contribution in [0.15, 0.2) is 0 Å². The number of ether oxygens (including phenoxy) is 1. The highest BCUT2D eigenvalue weighted by Crippen LogP contribution is 2.67. The molecule has 0 aliphatic heterocycles. The van der Waals surface area contributed by atoms with Crippen LogP contribution in [0.1, 0.15) is 72.1 Å². The Hall–Kier alpha value is -0.940. The van der Waals surface area contributed by atoms with Gasteiger partial charge in [0.05, 0.1) is 19.1 Å². The van der Waals surface area contributed by atoms with Crippen molar-refractivity contribution in [2.75, 3.05) is 7.11 Å². The molecule has 28 heavy (non-hydrogen) atoms. The number of esters is 1. The van der Waals surface area contributed by atoms with Crippen LogP contribution in [0.2, 0.25) is 0 Å². The number of hydrogen-bond donors (Lipinski definition) is 2.